The third-order valence-electron chi connectivity index (χ3n) is 2.83. The van der Waals surface area contributed by atoms with Crippen molar-refractivity contribution in [3.63, 3.8) is 0 Å². The van der Waals surface area contributed by atoms with Crippen molar-refractivity contribution in [2.75, 3.05) is 7.05 Å². The number of aromatic nitrogens is 2. The van der Waals surface area contributed by atoms with Gasteiger partial charge in [-0.1, -0.05) is 12.1 Å². The minimum absolute atomic E-state index is 0.323. The zero-order chi connectivity index (χ0) is 12.3. The van der Waals surface area contributed by atoms with Gasteiger partial charge in [0.1, 0.15) is 0 Å². The Morgan fingerprint density at radius 3 is 2.59 bits per heavy atom. The van der Waals surface area contributed by atoms with Gasteiger partial charge in [-0.3, -0.25) is 4.68 Å². The second kappa shape index (κ2) is 5.64. The van der Waals surface area contributed by atoms with E-state index in [-0.39, 0.29) is 0 Å². The third kappa shape index (κ3) is 3.29. The monoisotopic (exact) mass is 341 g/mol. The number of halogens is 1. The summed E-state index contributed by atoms with van der Waals surface area (Å²) in [5.74, 6) is 0. The Kier molecular flexibility index (Phi) is 4.17. The van der Waals surface area contributed by atoms with E-state index in [0.717, 1.165) is 6.42 Å². The lowest BCUT2D eigenvalue weighted by molar-refractivity contribution is 0.591. The van der Waals surface area contributed by atoms with Crippen molar-refractivity contribution in [3.8, 4) is 0 Å². The molecule has 3 nitrogen and oxygen atoms in total. The summed E-state index contributed by atoms with van der Waals surface area (Å²) >= 11 is 2.33. The van der Waals surface area contributed by atoms with Crippen LogP contribution in [-0.2, 0) is 13.5 Å². The van der Waals surface area contributed by atoms with Crippen LogP contribution in [-0.4, -0.2) is 16.8 Å². The van der Waals surface area contributed by atoms with E-state index in [9.17, 15) is 0 Å². The molecule has 1 aromatic carbocycles. The fourth-order valence-corrected chi connectivity index (χ4v) is 2.22. The fraction of sp³-hybridized carbons (Fsp3) is 0.308. The topological polar surface area (TPSA) is 29.9 Å². The number of hydrogen-bond acceptors (Lipinski definition) is 2. The highest BCUT2D eigenvalue weighted by Gasteiger charge is 2.11. The quantitative estimate of drug-likeness (QED) is 0.867. The summed E-state index contributed by atoms with van der Waals surface area (Å²) in [4.78, 5) is 0. The Bertz CT molecular complexity index is 476. The number of hydrogen-bond donors (Lipinski definition) is 1. The number of nitrogens with zero attached hydrogens (tertiary/aromatic N) is 2. The van der Waals surface area contributed by atoms with E-state index in [4.69, 9.17) is 0 Å². The molecule has 0 aliphatic rings. The van der Waals surface area contributed by atoms with Crippen molar-refractivity contribution in [3.05, 3.63) is 51.4 Å². The van der Waals surface area contributed by atoms with Gasteiger partial charge < -0.3 is 5.32 Å². The van der Waals surface area contributed by atoms with Gasteiger partial charge in [-0.15, -0.1) is 0 Å². The summed E-state index contributed by atoms with van der Waals surface area (Å²) in [6.07, 6.45) is 4.97. The first-order valence-electron chi connectivity index (χ1n) is 5.59. The van der Waals surface area contributed by atoms with Gasteiger partial charge in [-0.25, -0.2) is 0 Å². The lowest BCUT2D eigenvalue weighted by atomic mass is 10.0. The molecule has 4 heteroatoms. The van der Waals surface area contributed by atoms with Crippen molar-refractivity contribution >= 4 is 22.6 Å². The lowest BCUT2D eigenvalue weighted by Crippen LogP contribution is -2.18. The van der Waals surface area contributed by atoms with E-state index in [0.29, 0.717) is 6.04 Å². The average molecular weight is 341 g/mol. The Morgan fingerprint density at radius 1 is 1.35 bits per heavy atom. The Labute approximate surface area is 115 Å². The molecule has 2 rings (SSSR count). The predicted octanol–water partition coefficient (Wildman–Crippen LogP) is 2.53. The summed E-state index contributed by atoms with van der Waals surface area (Å²) in [6.45, 7) is 0. The molecule has 1 aromatic heterocycles. The van der Waals surface area contributed by atoms with Crippen molar-refractivity contribution < 1.29 is 0 Å². The van der Waals surface area contributed by atoms with E-state index < -0.39 is 0 Å². The molecule has 2 aromatic rings. The van der Waals surface area contributed by atoms with Gasteiger partial charge in [-0.05, 0) is 53.8 Å². The summed E-state index contributed by atoms with van der Waals surface area (Å²) < 4.78 is 3.11. The molecule has 1 atom stereocenters. The van der Waals surface area contributed by atoms with Crippen LogP contribution in [0.15, 0.2) is 36.7 Å². The van der Waals surface area contributed by atoms with Gasteiger partial charge in [0.15, 0.2) is 0 Å². The fourth-order valence-electron chi connectivity index (χ4n) is 1.86. The van der Waals surface area contributed by atoms with E-state index in [1.165, 1.54) is 14.7 Å². The number of likely N-dealkylation sites (N-methyl/N-ethyl adjacent to an activating group) is 1. The predicted molar refractivity (Wildman–Crippen MR) is 77.9 cm³/mol. The molecular formula is C13H16IN3. The van der Waals surface area contributed by atoms with Crippen molar-refractivity contribution in [1.82, 2.24) is 15.1 Å². The number of nitrogens with one attached hydrogen (secondary N) is 1. The van der Waals surface area contributed by atoms with Crippen LogP contribution in [0, 0.1) is 3.57 Å². The highest BCUT2D eigenvalue weighted by Crippen LogP contribution is 2.18. The normalized spacial score (nSPS) is 12.6. The second-order valence-corrected chi connectivity index (χ2v) is 5.36. The molecule has 0 spiro atoms. The molecule has 0 bridgehead atoms. The first-order valence-corrected chi connectivity index (χ1v) is 6.67. The molecule has 17 heavy (non-hydrogen) atoms. The largest absolute Gasteiger partial charge is 0.313 e. The van der Waals surface area contributed by atoms with Crippen molar-refractivity contribution in [2.24, 2.45) is 7.05 Å². The molecular weight excluding hydrogens is 325 g/mol. The van der Waals surface area contributed by atoms with Gasteiger partial charge in [0.05, 0.1) is 6.20 Å². The first-order chi connectivity index (χ1) is 8.19. The standard InChI is InChI=1S/C13H16IN3/c1-15-13(11-8-16-17(2)9-11)7-10-3-5-12(14)6-4-10/h3-6,8-9,13,15H,7H2,1-2H3. The molecule has 0 aliphatic carbocycles. The first kappa shape index (κ1) is 12.6. The van der Waals surface area contributed by atoms with Crippen molar-refractivity contribution in [1.29, 1.82) is 0 Å². The van der Waals surface area contributed by atoms with E-state index in [1.54, 1.807) is 0 Å². The van der Waals surface area contributed by atoms with Crippen LogP contribution >= 0.6 is 22.6 Å². The smallest absolute Gasteiger partial charge is 0.0537 e. The second-order valence-electron chi connectivity index (χ2n) is 4.12. The Balaban J connectivity index is 2.12. The SMILES string of the molecule is CNC(Cc1ccc(I)cc1)c1cnn(C)c1. The van der Waals surface area contributed by atoms with E-state index in [2.05, 4.69) is 63.5 Å². The van der Waals surface area contributed by atoms with Crippen LogP contribution in [0.2, 0.25) is 0 Å². The molecule has 0 amide bonds. The zero-order valence-corrected chi connectivity index (χ0v) is 12.2. The Morgan fingerprint density at radius 2 is 2.06 bits per heavy atom. The molecule has 0 aliphatic heterocycles. The van der Waals surface area contributed by atoms with Crippen LogP contribution in [0.25, 0.3) is 0 Å². The highest BCUT2D eigenvalue weighted by molar-refractivity contribution is 14.1. The maximum Gasteiger partial charge on any atom is 0.0537 e. The van der Waals surface area contributed by atoms with Gasteiger partial charge in [0.25, 0.3) is 0 Å². The van der Waals surface area contributed by atoms with Gasteiger partial charge in [-0.2, -0.15) is 5.10 Å². The highest BCUT2D eigenvalue weighted by atomic mass is 127. The van der Waals surface area contributed by atoms with Crippen molar-refractivity contribution in [2.45, 2.75) is 12.5 Å². The Hall–Kier alpha value is -0.880. The van der Waals surface area contributed by atoms with Gasteiger partial charge in [0.2, 0.25) is 0 Å². The summed E-state index contributed by atoms with van der Waals surface area (Å²) in [5, 5.41) is 7.56. The number of aryl methyl sites for hydroxylation is 1. The molecule has 1 N–H and O–H groups in total. The summed E-state index contributed by atoms with van der Waals surface area (Å²) in [5.41, 5.74) is 2.57. The van der Waals surface area contributed by atoms with Gasteiger partial charge >= 0.3 is 0 Å². The molecule has 1 heterocycles. The van der Waals surface area contributed by atoms with Crippen LogP contribution in [0.4, 0.5) is 0 Å². The van der Waals surface area contributed by atoms with E-state index in [1.807, 2.05) is 25.0 Å². The molecule has 0 fully saturated rings. The van der Waals surface area contributed by atoms with Crippen LogP contribution in [0.5, 0.6) is 0 Å². The van der Waals surface area contributed by atoms with Crippen LogP contribution in [0.3, 0.4) is 0 Å². The minimum atomic E-state index is 0.323. The molecule has 0 radical (unpaired) electrons. The summed E-state index contributed by atoms with van der Waals surface area (Å²) in [6, 6.07) is 8.98. The van der Waals surface area contributed by atoms with Crippen LogP contribution in [0.1, 0.15) is 17.2 Å². The molecule has 90 valence electrons. The molecule has 1 unspecified atom stereocenters. The molecule has 0 saturated carbocycles. The average Bonchev–Trinajstić information content (AvgIpc) is 2.75. The van der Waals surface area contributed by atoms with Crippen LogP contribution < -0.4 is 5.32 Å². The maximum absolute atomic E-state index is 4.22. The third-order valence-corrected chi connectivity index (χ3v) is 3.55. The summed E-state index contributed by atoms with van der Waals surface area (Å²) in [7, 11) is 3.94. The zero-order valence-electron chi connectivity index (χ0n) is 10.0. The lowest BCUT2D eigenvalue weighted by Gasteiger charge is -2.14. The number of benzene rings is 1. The maximum atomic E-state index is 4.22. The van der Waals surface area contributed by atoms with E-state index >= 15 is 0 Å². The minimum Gasteiger partial charge on any atom is -0.313 e. The number of rotatable bonds is 4. The van der Waals surface area contributed by atoms with Gasteiger partial charge in [0, 0.05) is 28.4 Å². The molecule has 0 saturated heterocycles.